The van der Waals surface area contributed by atoms with Gasteiger partial charge in [0, 0.05) is 5.69 Å². The summed E-state index contributed by atoms with van der Waals surface area (Å²) < 4.78 is 10.6. The number of unbranched alkanes of at least 4 members (excludes halogenated alkanes) is 1. The van der Waals surface area contributed by atoms with Gasteiger partial charge in [-0.15, -0.1) is 0 Å². The smallest absolute Gasteiger partial charge is 0.355 e. The number of hydrogen-bond donors (Lipinski definition) is 2. The molecule has 0 radical (unpaired) electrons. The Balaban J connectivity index is 3.01. The molecule has 0 aliphatic rings. The largest absolute Gasteiger partial charge is 0.462 e. The van der Waals surface area contributed by atoms with Crippen molar-refractivity contribution < 1.29 is 19.1 Å². The average Bonchev–Trinajstić information content (AvgIpc) is 2.82. The number of hydrogen-bond acceptors (Lipinski definition) is 5. The summed E-state index contributed by atoms with van der Waals surface area (Å²) in [6.45, 7) is 13.2. The molecular formula is C19H32N2O4. The minimum Gasteiger partial charge on any atom is -0.462 e. The van der Waals surface area contributed by atoms with Gasteiger partial charge < -0.3 is 19.8 Å². The summed E-state index contributed by atoms with van der Waals surface area (Å²) in [5.41, 5.74) is 1.54. The zero-order chi connectivity index (χ0) is 19.0. The van der Waals surface area contributed by atoms with Gasteiger partial charge in [0.05, 0.1) is 12.2 Å². The Morgan fingerprint density at radius 3 is 2.36 bits per heavy atom. The Kier molecular flexibility index (Phi) is 8.16. The summed E-state index contributed by atoms with van der Waals surface area (Å²) in [4.78, 5) is 27.9. The van der Waals surface area contributed by atoms with E-state index in [-0.39, 0.29) is 0 Å². The topological polar surface area (TPSA) is 80.4 Å². The molecule has 0 atom stereocenters. The molecule has 0 aliphatic heterocycles. The van der Waals surface area contributed by atoms with Gasteiger partial charge in [-0.05, 0) is 72.5 Å². The number of aromatic nitrogens is 1. The van der Waals surface area contributed by atoms with Gasteiger partial charge in [0.15, 0.2) is 0 Å². The molecule has 0 spiro atoms. The fourth-order valence-corrected chi connectivity index (χ4v) is 2.59. The Morgan fingerprint density at radius 2 is 1.80 bits per heavy atom. The van der Waals surface area contributed by atoms with Crippen molar-refractivity contribution in [3.05, 3.63) is 22.5 Å². The third-order valence-electron chi connectivity index (χ3n) is 3.69. The van der Waals surface area contributed by atoms with Crippen LogP contribution in [-0.4, -0.2) is 42.2 Å². The van der Waals surface area contributed by atoms with E-state index in [1.807, 2.05) is 20.8 Å². The third-order valence-corrected chi connectivity index (χ3v) is 3.69. The zero-order valence-corrected chi connectivity index (χ0v) is 16.4. The first-order chi connectivity index (χ1) is 11.7. The second-order valence-corrected chi connectivity index (χ2v) is 7.01. The van der Waals surface area contributed by atoms with Crippen LogP contribution in [0.2, 0.25) is 0 Å². The maximum atomic E-state index is 12.4. The highest BCUT2D eigenvalue weighted by atomic mass is 16.6. The maximum absolute atomic E-state index is 12.4. The second kappa shape index (κ2) is 9.61. The molecule has 0 amide bonds. The van der Waals surface area contributed by atoms with Gasteiger partial charge in [0.1, 0.15) is 11.3 Å². The van der Waals surface area contributed by atoms with E-state index >= 15 is 0 Å². The first kappa shape index (κ1) is 21.2. The lowest BCUT2D eigenvalue weighted by Gasteiger charge is -2.19. The molecule has 0 fully saturated rings. The van der Waals surface area contributed by atoms with Crippen LogP contribution in [0.25, 0.3) is 0 Å². The van der Waals surface area contributed by atoms with Gasteiger partial charge in [0.25, 0.3) is 0 Å². The van der Waals surface area contributed by atoms with Crippen molar-refractivity contribution in [3.63, 3.8) is 0 Å². The number of esters is 2. The van der Waals surface area contributed by atoms with Crippen LogP contribution in [0, 0.1) is 6.92 Å². The van der Waals surface area contributed by atoms with Crippen molar-refractivity contribution >= 4 is 11.9 Å². The fourth-order valence-electron chi connectivity index (χ4n) is 2.59. The Bertz CT molecular complexity index is 585. The lowest BCUT2D eigenvalue weighted by atomic mass is 10.1. The van der Waals surface area contributed by atoms with Gasteiger partial charge in [-0.1, -0.05) is 6.92 Å². The second-order valence-electron chi connectivity index (χ2n) is 7.01. The standard InChI is InChI=1S/C19H32N2O4/c1-7-20-12-10-9-11-14-15(17(22)24-8-2)13(3)16(21-14)18(23)25-19(4,5)6/h20-21H,7-12H2,1-6H3. The van der Waals surface area contributed by atoms with E-state index in [0.29, 0.717) is 29.8 Å². The fraction of sp³-hybridized carbons (Fsp3) is 0.684. The lowest BCUT2D eigenvalue weighted by molar-refractivity contribution is 0.00625. The van der Waals surface area contributed by atoms with Crippen LogP contribution in [0.1, 0.15) is 79.6 Å². The third kappa shape index (κ3) is 6.53. The van der Waals surface area contributed by atoms with Gasteiger partial charge in [-0.25, -0.2) is 9.59 Å². The molecule has 6 heteroatoms. The monoisotopic (exact) mass is 352 g/mol. The van der Waals surface area contributed by atoms with Crippen LogP contribution in [0.4, 0.5) is 0 Å². The number of carbonyl (C=O) groups excluding carboxylic acids is 2. The van der Waals surface area contributed by atoms with Crippen molar-refractivity contribution in [2.75, 3.05) is 19.7 Å². The highest BCUT2D eigenvalue weighted by molar-refractivity contribution is 5.98. The summed E-state index contributed by atoms with van der Waals surface area (Å²) in [5.74, 6) is -0.845. The number of nitrogens with one attached hydrogen (secondary N) is 2. The molecule has 2 N–H and O–H groups in total. The molecule has 1 aromatic rings. The zero-order valence-electron chi connectivity index (χ0n) is 16.4. The Labute approximate surface area is 150 Å². The van der Waals surface area contributed by atoms with E-state index in [2.05, 4.69) is 17.2 Å². The summed E-state index contributed by atoms with van der Waals surface area (Å²) in [6, 6.07) is 0. The predicted octanol–water partition coefficient (Wildman–Crippen LogP) is 3.39. The van der Waals surface area contributed by atoms with E-state index in [4.69, 9.17) is 9.47 Å². The molecule has 0 aromatic carbocycles. The molecule has 0 saturated heterocycles. The molecule has 142 valence electrons. The number of aryl methyl sites for hydroxylation is 1. The van der Waals surface area contributed by atoms with Crippen molar-refractivity contribution in [2.24, 2.45) is 0 Å². The van der Waals surface area contributed by atoms with Crippen molar-refractivity contribution in [2.45, 2.75) is 66.4 Å². The first-order valence-corrected chi connectivity index (χ1v) is 9.03. The highest BCUT2D eigenvalue weighted by Crippen LogP contribution is 2.23. The van der Waals surface area contributed by atoms with E-state index in [9.17, 15) is 9.59 Å². The predicted molar refractivity (Wildman–Crippen MR) is 98.1 cm³/mol. The number of aromatic amines is 1. The van der Waals surface area contributed by atoms with Crippen LogP contribution in [-0.2, 0) is 15.9 Å². The van der Waals surface area contributed by atoms with Gasteiger partial charge in [0.2, 0.25) is 0 Å². The minimum absolute atomic E-state index is 0.297. The number of rotatable bonds is 9. The molecular weight excluding hydrogens is 320 g/mol. The molecule has 1 rings (SSSR count). The molecule has 6 nitrogen and oxygen atoms in total. The number of carbonyl (C=O) groups is 2. The van der Waals surface area contributed by atoms with Crippen molar-refractivity contribution in [3.8, 4) is 0 Å². The van der Waals surface area contributed by atoms with Crippen molar-refractivity contribution in [1.29, 1.82) is 0 Å². The van der Waals surface area contributed by atoms with Gasteiger partial charge in [-0.3, -0.25) is 0 Å². The summed E-state index contributed by atoms with van der Waals surface area (Å²) in [5, 5.41) is 3.28. The normalized spacial score (nSPS) is 11.4. The van der Waals surface area contributed by atoms with Gasteiger partial charge in [-0.2, -0.15) is 0 Å². The number of ether oxygens (including phenoxy) is 2. The molecule has 25 heavy (non-hydrogen) atoms. The van der Waals surface area contributed by atoms with E-state index in [1.165, 1.54) is 0 Å². The lowest BCUT2D eigenvalue weighted by Crippen LogP contribution is -2.24. The highest BCUT2D eigenvalue weighted by Gasteiger charge is 2.27. The minimum atomic E-state index is -0.593. The summed E-state index contributed by atoms with van der Waals surface area (Å²) in [7, 11) is 0. The van der Waals surface area contributed by atoms with Crippen LogP contribution in [0.3, 0.4) is 0 Å². The van der Waals surface area contributed by atoms with Gasteiger partial charge >= 0.3 is 11.9 Å². The van der Waals surface area contributed by atoms with E-state index in [0.717, 1.165) is 31.6 Å². The quantitative estimate of drug-likeness (QED) is 0.526. The average molecular weight is 352 g/mol. The number of H-pyrrole nitrogens is 1. The molecule has 1 aromatic heterocycles. The SMILES string of the molecule is CCNCCCCc1[nH]c(C(=O)OC(C)(C)C)c(C)c1C(=O)OCC. The summed E-state index contributed by atoms with van der Waals surface area (Å²) in [6.07, 6.45) is 2.59. The van der Waals surface area contributed by atoms with Crippen LogP contribution >= 0.6 is 0 Å². The first-order valence-electron chi connectivity index (χ1n) is 9.03. The van der Waals surface area contributed by atoms with E-state index in [1.54, 1.807) is 13.8 Å². The summed E-state index contributed by atoms with van der Waals surface area (Å²) >= 11 is 0. The molecule has 0 aliphatic carbocycles. The Hall–Kier alpha value is -1.82. The van der Waals surface area contributed by atoms with E-state index < -0.39 is 17.5 Å². The van der Waals surface area contributed by atoms with Crippen LogP contribution in [0.5, 0.6) is 0 Å². The molecule has 0 saturated carbocycles. The van der Waals surface area contributed by atoms with Crippen LogP contribution < -0.4 is 5.32 Å². The molecule has 0 unspecified atom stereocenters. The molecule has 1 heterocycles. The van der Waals surface area contributed by atoms with Crippen LogP contribution in [0.15, 0.2) is 0 Å². The Morgan fingerprint density at radius 1 is 1.12 bits per heavy atom. The van der Waals surface area contributed by atoms with Crippen molar-refractivity contribution in [1.82, 2.24) is 10.3 Å². The maximum Gasteiger partial charge on any atom is 0.355 e. The molecule has 0 bridgehead atoms.